The first kappa shape index (κ1) is 35.1. The zero-order chi connectivity index (χ0) is 35.4. The highest BCUT2D eigenvalue weighted by Gasteiger charge is 2.53. The third-order valence-corrected chi connectivity index (χ3v) is 9.06. The number of carbonyl (C=O) groups excluding carboxylic acids is 1. The van der Waals surface area contributed by atoms with Crippen LogP contribution in [0.2, 0.25) is 0 Å². The number of nitrogens with one attached hydrogen (secondary N) is 2. The first-order valence-corrected chi connectivity index (χ1v) is 17.1. The fourth-order valence-corrected chi connectivity index (χ4v) is 6.48. The van der Waals surface area contributed by atoms with Gasteiger partial charge in [0, 0.05) is 10.5 Å². The highest BCUT2D eigenvalue weighted by molar-refractivity contribution is 7.32. The van der Waals surface area contributed by atoms with Gasteiger partial charge in [0.2, 0.25) is 5.91 Å². The van der Waals surface area contributed by atoms with Gasteiger partial charge in [-0.05, 0) is 41.0 Å². The summed E-state index contributed by atoms with van der Waals surface area (Å²) in [6, 6.07) is 24.3. The molecule has 4 aromatic rings. The number of imidazole rings is 1. The molecule has 3 heterocycles. The van der Waals surface area contributed by atoms with Gasteiger partial charge in [-0.1, -0.05) is 68.4 Å². The van der Waals surface area contributed by atoms with Crippen LogP contribution in [0.15, 0.2) is 90.2 Å². The molecule has 6 atom stereocenters. The Hall–Kier alpha value is -4.72. The molecule has 3 N–H and O–H groups in total. The third-order valence-electron chi connectivity index (χ3n) is 8.63. The number of alkyl halides is 1. The lowest BCUT2D eigenvalue weighted by Crippen LogP contribution is -2.43. The molecule has 2 aliphatic heterocycles. The average Bonchev–Trinajstić information content (AvgIpc) is 3.68. The van der Waals surface area contributed by atoms with Crippen molar-refractivity contribution < 1.29 is 42.1 Å². The number of hydrogen-bond donors (Lipinski definition) is 3. The van der Waals surface area contributed by atoms with Gasteiger partial charge in [0.05, 0.1) is 33.4 Å². The predicted octanol–water partition coefficient (Wildman–Crippen LogP) is 5.08. The highest BCUT2D eigenvalue weighted by Crippen LogP contribution is 2.45. The second-order valence-corrected chi connectivity index (χ2v) is 12.7. The van der Waals surface area contributed by atoms with Gasteiger partial charge in [-0.3, -0.25) is 9.36 Å². The van der Waals surface area contributed by atoms with Gasteiger partial charge in [0.15, 0.2) is 24.8 Å². The molecule has 0 spiro atoms. The number of methoxy groups -OCH3 is 2. The smallest absolute Gasteiger partial charge is 0.497 e. The number of halogens is 1. The molecule has 13 nitrogen and oxygen atoms in total. The number of benzene rings is 3. The maximum atomic E-state index is 16.5. The Labute approximate surface area is 289 Å². The molecular formula is C35H38FN5O8P+. The Bertz CT molecular complexity index is 1780. The summed E-state index contributed by atoms with van der Waals surface area (Å²) in [4.78, 5) is 30.7. The van der Waals surface area contributed by atoms with E-state index in [0.29, 0.717) is 23.0 Å². The Kier molecular flexibility index (Phi) is 10.6. The van der Waals surface area contributed by atoms with Crippen LogP contribution in [-0.2, 0) is 29.0 Å². The van der Waals surface area contributed by atoms with Crippen molar-refractivity contribution in [2.24, 2.45) is 10.9 Å². The van der Waals surface area contributed by atoms with E-state index in [1.165, 1.54) is 17.1 Å². The molecule has 1 fully saturated rings. The summed E-state index contributed by atoms with van der Waals surface area (Å²) in [5.41, 5.74) is 1.34. The number of aliphatic imine (C=N–C) groups is 1. The normalized spacial score (nSPS) is 21.7. The van der Waals surface area contributed by atoms with E-state index in [-0.39, 0.29) is 18.4 Å². The quantitative estimate of drug-likeness (QED) is 0.127. The van der Waals surface area contributed by atoms with Crippen LogP contribution in [0.5, 0.6) is 11.5 Å². The van der Waals surface area contributed by atoms with Crippen LogP contribution < -0.4 is 20.1 Å². The Balaban J connectivity index is 1.35. The first-order chi connectivity index (χ1) is 24.1. The summed E-state index contributed by atoms with van der Waals surface area (Å²) in [6.07, 6.45) is -3.90. The van der Waals surface area contributed by atoms with Crippen LogP contribution in [0.25, 0.3) is 0 Å². The summed E-state index contributed by atoms with van der Waals surface area (Å²) < 4.78 is 59.1. The summed E-state index contributed by atoms with van der Waals surface area (Å²) >= 11 is 0. The van der Waals surface area contributed by atoms with Crippen molar-refractivity contribution in [3.63, 3.8) is 0 Å². The van der Waals surface area contributed by atoms with Crippen LogP contribution in [0, 0.1) is 5.92 Å². The average molecular weight is 707 g/mol. The molecule has 50 heavy (non-hydrogen) atoms. The maximum Gasteiger partial charge on any atom is 0.695 e. The van der Waals surface area contributed by atoms with Gasteiger partial charge in [-0.25, -0.2) is 14.4 Å². The second kappa shape index (κ2) is 15.0. The largest absolute Gasteiger partial charge is 0.695 e. The molecule has 1 amide bonds. The molecule has 2 aliphatic rings. The van der Waals surface area contributed by atoms with Gasteiger partial charge in [-0.2, -0.15) is 0 Å². The number of fused-ring (bicyclic) bond motifs is 1. The molecule has 0 bridgehead atoms. The minimum absolute atomic E-state index is 0.235. The molecule has 0 aliphatic carbocycles. The number of nitrogens with zero attached hydrogens (tertiary/aromatic N) is 3. The Morgan fingerprint density at radius 3 is 2.18 bits per heavy atom. The van der Waals surface area contributed by atoms with Crippen molar-refractivity contribution in [2.45, 2.75) is 50.3 Å². The lowest BCUT2D eigenvalue weighted by Gasteiger charge is -2.37. The van der Waals surface area contributed by atoms with Crippen LogP contribution >= 0.6 is 8.25 Å². The minimum atomic E-state index is -3.22. The van der Waals surface area contributed by atoms with Crippen LogP contribution in [0.3, 0.4) is 0 Å². The molecule has 262 valence electrons. The predicted molar refractivity (Wildman–Crippen MR) is 182 cm³/mol. The number of carbonyl (C=O) groups is 1. The fraction of sp³-hybridized carbons (Fsp3) is 0.343. The lowest BCUT2D eigenvalue weighted by molar-refractivity contribution is -0.124. The second-order valence-electron chi connectivity index (χ2n) is 12.0. The Morgan fingerprint density at radius 1 is 1.02 bits per heavy atom. The maximum absolute atomic E-state index is 16.5. The van der Waals surface area contributed by atoms with Crippen LogP contribution in [0.4, 0.5) is 10.2 Å². The number of hydrogen-bond acceptors (Lipinski definition) is 10. The zero-order valence-corrected chi connectivity index (χ0v) is 28.7. The number of aromatic nitrogens is 2. The van der Waals surface area contributed by atoms with Crippen LogP contribution in [-0.4, -0.2) is 72.1 Å². The van der Waals surface area contributed by atoms with Crippen molar-refractivity contribution in [2.75, 3.05) is 26.1 Å². The van der Waals surface area contributed by atoms with Gasteiger partial charge < -0.3 is 29.6 Å². The van der Waals surface area contributed by atoms with Gasteiger partial charge >= 0.3 is 8.25 Å². The van der Waals surface area contributed by atoms with Crippen molar-refractivity contribution in [3.8, 4) is 11.5 Å². The molecule has 0 saturated carbocycles. The SMILES string of the molecule is COc1ccc(C(OC[C@H]2O[C@@H](n3cnc4c3NC(NC(=O)C(C)C)N=C4)[C@H](O[P+](=O)O)[C@@H]2F)(c2ccccc2)c2ccc(OC)cc2)cc1. The number of ether oxygens (including phenoxy) is 4. The van der Waals surface area contributed by atoms with E-state index in [2.05, 4.69) is 20.6 Å². The van der Waals surface area contributed by atoms with E-state index in [0.717, 1.165) is 16.7 Å². The van der Waals surface area contributed by atoms with E-state index in [1.54, 1.807) is 28.1 Å². The van der Waals surface area contributed by atoms with E-state index in [4.69, 9.17) is 23.5 Å². The number of amides is 1. The van der Waals surface area contributed by atoms with Crippen LogP contribution in [0.1, 0.15) is 42.5 Å². The highest BCUT2D eigenvalue weighted by atomic mass is 31.1. The molecule has 1 aromatic heterocycles. The zero-order valence-electron chi connectivity index (χ0n) is 27.8. The lowest BCUT2D eigenvalue weighted by atomic mass is 9.80. The minimum Gasteiger partial charge on any atom is -0.497 e. The Morgan fingerprint density at radius 2 is 1.62 bits per heavy atom. The number of anilines is 1. The molecule has 1 saturated heterocycles. The third kappa shape index (κ3) is 6.98. The van der Waals surface area contributed by atoms with Crippen molar-refractivity contribution in [3.05, 3.63) is 108 Å². The van der Waals surface area contributed by atoms with E-state index in [1.807, 2.05) is 78.9 Å². The van der Waals surface area contributed by atoms with Gasteiger partial charge in [-0.15, -0.1) is 9.42 Å². The standard InChI is InChI=1S/C35H37FN5O8P/c1-21(2)32(42)40-34-37-18-27-31(39-34)41(20-38-27)33-30(49-50(43)44)29(36)28(48-33)19-47-35(22-8-6-5-7-9-22,23-10-14-25(45-3)15-11-23)24-12-16-26(46-4)17-13-24/h5-18,20-21,28-30,33-34H,19H2,1-4H3,(H2-,37,39,40,42,43,44)/p+1/t28-,29-,30-,33-,34?/m1/s1. The van der Waals surface area contributed by atoms with Crippen molar-refractivity contribution in [1.29, 1.82) is 0 Å². The summed E-state index contributed by atoms with van der Waals surface area (Å²) in [5, 5.41) is 5.84. The summed E-state index contributed by atoms with van der Waals surface area (Å²) in [5.74, 6) is 1.11. The molecular weight excluding hydrogens is 668 g/mol. The van der Waals surface area contributed by atoms with Crippen molar-refractivity contribution >= 4 is 26.2 Å². The molecule has 2 unspecified atom stereocenters. The van der Waals surface area contributed by atoms with E-state index in [9.17, 15) is 14.3 Å². The van der Waals surface area contributed by atoms with Gasteiger partial charge in [0.1, 0.15) is 34.7 Å². The number of rotatable bonds is 13. The monoisotopic (exact) mass is 706 g/mol. The van der Waals surface area contributed by atoms with E-state index >= 15 is 4.39 Å². The van der Waals surface area contributed by atoms with E-state index < -0.39 is 44.8 Å². The topological polar surface area (TPSA) is 155 Å². The molecule has 3 aromatic carbocycles. The molecule has 15 heteroatoms. The molecule has 6 rings (SSSR count). The summed E-state index contributed by atoms with van der Waals surface area (Å²) in [7, 11) is -0.0643. The summed E-state index contributed by atoms with van der Waals surface area (Å²) in [6.45, 7) is 3.20. The fourth-order valence-electron chi connectivity index (χ4n) is 6.05. The first-order valence-electron chi connectivity index (χ1n) is 15.9. The van der Waals surface area contributed by atoms with Crippen molar-refractivity contribution in [1.82, 2.24) is 14.9 Å². The molecule has 0 radical (unpaired) electrons. The van der Waals surface area contributed by atoms with Gasteiger partial charge in [0.25, 0.3) is 0 Å².